The standard InChI is InChI=1S/C16H12ClFN2OS/c1-9(10-4-6-19-7-5-10)20-16(21)15-14(17)12-3-2-11(18)8-13(12)22-15/h2-9H,1H3,(H,20,21)/t9-/m1/s1. The minimum absolute atomic E-state index is 0.173. The number of carbonyl (C=O) groups is 1. The van der Waals surface area contributed by atoms with E-state index in [0.717, 1.165) is 5.56 Å². The van der Waals surface area contributed by atoms with Gasteiger partial charge in [0.2, 0.25) is 0 Å². The maximum atomic E-state index is 13.3. The molecule has 0 saturated carbocycles. The van der Waals surface area contributed by atoms with E-state index in [1.54, 1.807) is 18.5 Å². The molecule has 3 rings (SSSR count). The zero-order chi connectivity index (χ0) is 15.7. The number of fused-ring (bicyclic) bond motifs is 1. The van der Waals surface area contributed by atoms with Gasteiger partial charge in [-0.25, -0.2) is 4.39 Å². The average molecular weight is 335 g/mol. The maximum absolute atomic E-state index is 13.3. The summed E-state index contributed by atoms with van der Waals surface area (Å²) >= 11 is 7.44. The molecular weight excluding hydrogens is 323 g/mol. The second-order valence-corrected chi connectivity index (χ2v) is 6.29. The summed E-state index contributed by atoms with van der Waals surface area (Å²) in [7, 11) is 0. The van der Waals surface area contributed by atoms with Gasteiger partial charge in [-0.15, -0.1) is 11.3 Å². The molecule has 0 fully saturated rings. The third-order valence-corrected chi connectivity index (χ3v) is 5.01. The Kier molecular flexibility index (Phi) is 4.09. The highest BCUT2D eigenvalue weighted by molar-refractivity contribution is 7.21. The van der Waals surface area contributed by atoms with Crippen LogP contribution in [0.15, 0.2) is 42.7 Å². The van der Waals surface area contributed by atoms with E-state index in [2.05, 4.69) is 10.3 Å². The second kappa shape index (κ2) is 6.02. The number of benzene rings is 1. The number of carbonyl (C=O) groups excluding carboxylic acids is 1. The highest BCUT2D eigenvalue weighted by Gasteiger charge is 2.19. The van der Waals surface area contributed by atoms with Gasteiger partial charge in [0.25, 0.3) is 5.91 Å². The van der Waals surface area contributed by atoms with Crippen LogP contribution in [-0.2, 0) is 0 Å². The van der Waals surface area contributed by atoms with Crippen molar-refractivity contribution in [1.29, 1.82) is 0 Å². The summed E-state index contributed by atoms with van der Waals surface area (Å²) in [5, 5.41) is 3.94. The molecule has 6 heteroatoms. The molecule has 3 nitrogen and oxygen atoms in total. The topological polar surface area (TPSA) is 42.0 Å². The van der Waals surface area contributed by atoms with E-state index >= 15 is 0 Å². The summed E-state index contributed by atoms with van der Waals surface area (Å²) in [4.78, 5) is 16.8. The third kappa shape index (κ3) is 2.82. The summed E-state index contributed by atoms with van der Waals surface area (Å²) in [6.07, 6.45) is 3.35. The van der Waals surface area contributed by atoms with Crippen LogP contribution < -0.4 is 5.32 Å². The SMILES string of the molecule is C[C@@H](NC(=O)c1sc2cc(F)ccc2c1Cl)c1ccncc1. The van der Waals surface area contributed by atoms with Crippen molar-refractivity contribution < 1.29 is 9.18 Å². The van der Waals surface area contributed by atoms with E-state index in [9.17, 15) is 9.18 Å². The van der Waals surface area contributed by atoms with Crippen LogP contribution in [0.4, 0.5) is 4.39 Å². The van der Waals surface area contributed by atoms with Crippen LogP contribution in [0, 0.1) is 5.82 Å². The molecule has 0 bridgehead atoms. The third-order valence-electron chi connectivity index (χ3n) is 3.35. The Balaban J connectivity index is 1.88. The second-order valence-electron chi connectivity index (χ2n) is 4.86. The largest absolute Gasteiger partial charge is 0.345 e. The van der Waals surface area contributed by atoms with Gasteiger partial charge in [0.15, 0.2) is 0 Å². The van der Waals surface area contributed by atoms with Crippen molar-refractivity contribution in [2.24, 2.45) is 0 Å². The Morgan fingerprint density at radius 3 is 2.77 bits per heavy atom. The molecule has 3 aromatic rings. The Hall–Kier alpha value is -1.98. The fourth-order valence-electron chi connectivity index (χ4n) is 2.18. The predicted molar refractivity (Wildman–Crippen MR) is 86.9 cm³/mol. The Bertz CT molecular complexity index is 835. The molecule has 112 valence electrons. The smallest absolute Gasteiger partial charge is 0.263 e. The van der Waals surface area contributed by atoms with Gasteiger partial charge in [-0.1, -0.05) is 11.6 Å². The van der Waals surface area contributed by atoms with Crippen molar-refractivity contribution in [3.8, 4) is 0 Å². The highest BCUT2D eigenvalue weighted by Crippen LogP contribution is 2.35. The number of hydrogen-bond donors (Lipinski definition) is 1. The van der Waals surface area contributed by atoms with Crippen molar-refractivity contribution >= 4 is 38.9 Å². The molecule has 0 aliphatic rings. The van der Waals surface area contributed by atoms with Crippen molar-refractivity contribution in [1.82, 2.24) is 10.3 Å². The normalized spacial score (nSPS) is 12.3. The van der Waals surface area contributed by atoms with Crippen molar-refractivity contribution in [3.05, 3.63) is 64.0 Å². The Morgan fingerprint density at radius 1 is 1.32 bits per heavy atom. The Morgan fingerprint density at radius 2 is 2.05 bits per heavy atom. The van der Waals surface area contributed by atoms with Gasteiger partial charge >= 0.3 is 0 Å². The van der Waals surface area contributed by atoms with Crippen LogP contribution in [0.3, 0.4) is 0 Å². The molecule has 0 aliphatic heterocycles. The number of rotatable bonds is 3. The first-order valence-electron chi connectivity index (χ1n) is 6.64. The fraction of sp³-hybridized carbons (Fsp3) is 0.125. The van der Waals surface area contributed by atoms with Gasteiger partial charge in [0, 0.05) is 22.5 Å². The fourth-order valence-corrected chi connectivity index (χ4v) is 3.63. The van der Waals surface area contributed by atoms with E-state index in [1.165, 1.54) is 23.5 Å². The lowest BCUT2D eigenvalue weighted by Gasteiger charge is -2.13. The van der Waals surface area contributed by atoms with Crippen molar-refractivity contribution in [2.75, 3.05) is 0 Å². The zero-order valence-electron chi connectivity index (χ0n) is 11.6. The molecule has 0 spiro atoms. The number of aromatic nitrogens is 1. The van der Waals surface area contributed by atoms with E-state index in [1.807, 2.05) is 19.1 Å². The zero-order valence-corrected chi connectivity index (χ0v) is 13.2. The van der Waals surface area contributed by atoms with E-state index in [4.69, 9.17) is 11.6 Å². The minimum atomic E-state index is -0.345. The molecule has 0 saturated heterocycles. The van der Waals surface area contributed by atoms with Gasteiger partial charge in [-0.05, 0) is 42.8 Å². The van der Waals surface area contributed by atoms with E-state index < -0.39 is 0 Å². The molecule has 22 heavy (non-hydrogen) atoms. The number of amides is 1. The summed E-state index contributed by atoms with van der Waals surface area (Å²) in [6, 6.07) is 7.82. The molecular formula is C16H12ClFN2OS. The predicted octanol–water partition coefficient (Wildman–Crippen LogP) is 4.58. The lowest BCUT2D eigenvalue weighted by molar-refractivity contribution is 0.0944. The van der Waals surface area contributed by atoms with Gasteiger partial charge in [-0.3, -0.25) is 9.78 Å². The first-order valence-corrected chi connectivity index (χ1v) is 7.84. The van der Waals surface area contributed by atoms with Crippen LogP contribution in [-0.4, -0.2) is 10.9 Å². The highest BCUT2D eigenvalue weighted by atomic mass is 35.5. The lowest BCUT2D eigenvalue weighted by Crippen LogP contribution is -2.26. The molecule has 2 aromatic heterocycles. The van der Waals surface area contributed by atoms with E-state index in [0.29, 0.717) is 20.0 Å². The molecule has 0 unspecified atom stereocenters. The quantitative estimate of drug-likeness (QED) is 0.761. The van der Waals surface area contributed by atoms with Crippen molar-refractivity contribution in [3.63, 3.8) is 0 Å². The molecule has 0 aliphatic carbocycles. The summed E-state index contributed by atoms with van der Waals surface area (Å²) in [5.41, 5.74) is 0.951. The molecule has 1 amide bonds. The van der Waals surface area contributed by atoms with Gasteiger partial charge in [0.1, 0.15) is 10.7 Å². The molecule has 2 heterocycles. The van der Waals surface area contributed by atoms with Gasteiger partial charge in [-0.2, -0.15) is 0 Å². The molecule has 1 N–H and O–H groups in total. The van der Waals surface area contributed by atoms with E-state index in [-0.39, 0.29) is 17.8 Å². The van der Waals surface area contributed by atoms with Gasteiger partial charge < -0.3 is 5.32 Å². The average Bonchev–Trinajstić information content (AvgIpc) is 2.84. The molecule has 1 atom stereocenters. The van der Waals surface area contributed by atoms with Crippen LogP contribution in [0.25, 0.3) is 10.1 Å². The minimum Gasteiger partial charge on any atom is -0.345 e. The molecule has 1 aromatic carbocycles. The Labute approximate surface area is 135 Å². The first-order chi connectivity index (χ1) is 10.6. The summed E-state index contributed by atoms with van der Waals surface area (Å²) in [5.74, 6) is -0.613. The summed E-state index contributed by atoms with van der Waals surface area (Å²) < 4.78 is 13.9. The number of thiophene rings is 1. The number of nitrogens with one attached hydrogen (secondary N) is 1. The maximum Gasteiger partial charge on any atom is 0.263 e. The van der Waals surface area contributed by atoms with Gasteiger partial charge in [0.05, 0.1) is 11.1 Å². The van der Waals surface area contributed by atoms with Crippen molar-refractivity contribution in [2.45, 2.75) is 13.0 Å². The number of nitrogens with zero attached hydrogens (tertiary/aromatic N) is 1. The summed E-state index contributed by atoms with van der Waals surface area (Å²) in [6.45, 7) is 1.88. The van der Waals surface area contributed by atoms with Crippen LogP contribution in [0.5, 0.6) is 0 Å². The lowest BCUT2D eigenvalue weighted by atomic mass is 10.1. The number of pyridine rings is 1. The monoisotopic (exact) mass is 334 g/mol. The number of hydrogen-bond acceptors (Lipinski definition) is 3. The molecule has 0 radical (unpaired) electrons. The first kappa shape index (κ1) is 14.9. The van der Waals surface area contributed by atoms with Crippen LogP contribution in [0.2, 0.25) is 5.02 Å². The number of halogens is 2. The van der Waals surface area contributed by atoms with Crippen LogP contribution >= 0.6 is 22.9 Å². The van der Waals surface area contributed by atoms with Crippen LogP contribution in [0.1, 0.15) is 28.2 Å².